The number of benzene rings is 2. The maximum Gasteiger partial charge on any atom is 0.255 e. The Kier molecular flexibility index (Phi) is 7.48. The van der Waals surface area contributed by atoms with Crippen molar-refractivity contribution in [3.63, 3.8) is 0 Å². The molecule has 0 saturated heterocycles. The molecule has 1 N–H and O–H groups in total. The molecule has 0 unspecified atom stereocenters. The SMILES string of the molecule is CCCOc1ccccc1C(=O)NC[C@H](c1ccccc1OC)N(C)C. The van der Waals surface area contributed by atoms with Gasteiger partial charge < -0.3 is 19.7 Å². The van der Waals surface area contributed by atoms with Gasteiger partial charge >= 0.3 is 0 Å². The Hall–Kier alpha value is -2.53. The highest BCUT2D eigenvalue weighted by molar-refractivity contribution is 5.96. The van der Waals surface area contributed by atoms with Gasteiger partial charge in [0.05, 0.1) is 25.3 Å². The van der Waals surface area contributed by atoms with Crippen molar-refractivity contribution < 1.29 is 14.3 Å². The number of methoxy groups -OCH3 is 1. The van der Waals surface area contributed by atoms with Gasteiger partial charge in [-0.2, -0.15) is 0 Å². The molecule has 0 aliphatic carbocycles. The van der Waals surface area contributed by atoms with Crippen LogP contribution in [0.25, 0.3) is 0 Å². The van der Waals surface area contributed by atoms with Crippen LogP contribution in [0.3, 0.4) is 0 Å². The number of carbonyl (C=O) groups is 1. The summed E-state index contributed by atoms with van der Waals surface area (Å²) in [6.07, 6.45) is 0.895. The van der Waals surface area contributed by atoms with E-state index in [9.17, 15) is 4.79 Å². The molecule has 0 saturated carbocycles. The molecular weight excluding hydrogens is 328 g/mol. The molecule has 0 heterocycles. The molecule has 2 aromatic rings. The summed E-state index contributed by atoms with van der Waals surface area (Å²) in [5.74, 6) is 1.29. The van der Waals surface area contributed by atoms with Crippen LogP contribution in [0, 0.1) is 0 Å². The molecule has 5 nitrogen and oxygen atoms in total. The van der Waals surface area contributed by atoms with Crippen LogP contribution in [-0.4, -0.2) is 45.2 Å². The Bertz CT molecular complexity index is 716. The van der Waals surface area contributed by atoms with E-state index in [1.165, 1.54) is 0 Å². The molecule has 2 aromatic carbocycles. The fraction of sp³-hybridized carbons (Fsp3) is 0.381. The molecule has 26 heavy (non-hydrogen) atoms. The third-order valence-electron chi connectivity index (χ3n) is 4.17. The van der Waals surface area contributed by atoms with Gasteiger partial charge in [-0.05, 0) is 38.7 Å². The number of rotatable bonds is 9. The van der Waals surface area contributed by atoms with Crippen molar-refractivity contribution in [3.05, 3.63) is 59.7 Å². The van der Waals surface area contributed by atoms with E-state index in [1.54, 1.807) is 13.2 Å². The first-order chi connectivity index (χ1) is 12.6. The zero-order valence-electron chi connectivity index (χ0n) is 16.0. The minimum absolute atomic E-state index is 0.00109. The monoisotopic (exact) mass is 356 g/mol. The Morgan fingerprint density at radius 1 is 1.08 bits per heavy atom. The number of carbonyl (C=O) groups excluding carboxylic acids is 1. The molecule has 0 aliphatic rings. The van der Waals surface area contributed by atoms with Crippen LogP contribution < -0.4 is 14.8 Å². The summed E-state index contributed by atoms with van der Waals surface area (Å²) in [5, 5.41) is 3.03. The molecule has 5 heteroatoms. The van der Waals surface area contributed by atoms with Crippen LogP contribution in [0.1, 0.15) is 35.3 Å². The topological polar surface area (TPSA) is 50.8 Å². The maximum absolute atomic E-state index is 12.7. The number of hydrogen-bond acceptors (Lipinski definition) is 4. The maximum atomic E-state index is 12.7. The van der Waals surface area contributed by atoms with Crippen molar-refractivity contribution >= 4 is 5.91 Å². The molecule has 0 fully saturated rings. The van der Waals surface area contributed by atoms with Crippen LogP contribution >= 0.6 is 0 Å². The van der Waals surface area contributed by atoms with E-state index in [2.05, 4.69) is 10.2 Å². The van der Waals surface area contributed by atoms with Crippen LogP contribution in [0.5, 0.6) is 11.5 Å². The van der Waals surface area contributed by atoms with E-state index in [0.717, 1.165) is 17.7 Å². The Morgan fingerprint density at radius 3 is 2.38 bits per heavy atom. The number of hydrogen-bond donors (Lipinski definition) is 1. The van der Waals surface area contributed by atoms with Crippen molar-refractivity contribution in [1.29, 1.82) is 0 Å². The number of para-hydroxylation sites is 2. The molecule has 0 radical (unpaired) electrons. The van der Waals surface area contributed by atoms with E-state index in [0.29, 0.717) is 24.5 Å². The second-order valence-corrected chi connectivity index (χ2v) is 6.28. The third kappa shape index (κ3) is 4.99. The Morgan fingerprint density at radius 2 is 1.73 bits per heavy atom. The second-order valence-electron chi connectivity index (χ2n) is 6.28. The first-order valence-electron chi connectivity index (χ1n) is 8.87. The summed E-state index contributed by atoms with van der Waals surface area (Å²) in [6, 6.07) is 15.2. The first-order valence-corrected chi connectivity index (χ1v) is 8.87. The molecule has 140 valence electrons. The molecule has 1 atom stereocenters. The van der Waals surface area contributed by atoms with Gasteiger partial charge in [-0.15, -0.1) is 0 Å². The Labute approximate surface area is 155 Å². The molecule has 0 aliphatic heterocycles. The predicted molar refractivity (Wildman–Crippen MR) is 104 cm³/mol. The predicted octanol–water partition coefficient (Wildman–Crippen LogP) is 3.52. The van der Waals surface area contributed by atoms with E-state index in [4.69, 9.17) is 9.47 Å². The van der Waals surface area contributed by atoms with Crippen LogP contribution in [-0.2, 0) is 0 Å². The molecule has 1 amide bonds. The van der Waals surface area contributed by atoms with Crippen molar-refractivity contribution in [2.24, 2.45) is 0 Å². The van der Waals surface area contributed by atoms with Gasteiger partial charge in [0.15, 0.2) is 0 Å². The van der Waals surface area contributed by atoms with Gasteiger partial charge in [0.25, 0.3) is 5.91 Å². The van der Waals surface area contributed by atoms with Gasteiger partial charge in [-0.1, -0.05) is 37.3 Å². The summed E-state index contributed by atoms with van der Waals surface area (Å²) in [4.78, 5) is 14.8. The van der Waals surface area contributed by atoms with E-state index in [-0.39, 0.29) is 11.9 Å². The lowest BCUT2D eigenvalue weighted by Gasteiger charge is -2.26. The van der Waals surface area contributed by atoms with E-state index >= 15 is 0 Å². The van der Waals surface area contributed by atoms with Crippen LogP contribution in [0.4, 0.5) is 0 Å². The highest BCUT2D eigenvalue weighted by Gasteiger charge is 2.20. The zero-order valence-corrected chi connectivity index (χ0v) is 16.0. The standard InChI is InChI=1S/C21H28N2O3/c1-5-14-26-20-13-9-7-11-17(20)21(24)22-15-18(23(2)3)16-10-6-8-12-19(16)25-4/h6-13,18H,5,14-15H2,1-4H3,(H,22,24)/t18-/m1/s1. The molecule has 0 aromatic heterocycles. The average molecular weight is 356 g/mol. The number of ether oxygens (including phenoxy) is 2. The number of likely N-dealkylation sites (N-methyl/N-ethyl adjacent to an activating group) is 1. The summed E-state index contributed by atoms with van der Waals surface area (Å²) in [5.41, 5.74) is 1.59. The van der Waals surface area contributed by atoms with Gasteiger partial charge in [-0.25, -0.2) is 0 Å². The summed E-state index contributed by atoms with van der Waals surface area (Å²) in [6.45, 7) is 3.10. The number of amides is 1. The van der Waals surface area contributed by atoms with Crippen LogP contribution in [0.2, 0.25) is 0 Å². The number of nitrogens with zero attached hydrogens (tertiary/aromatic N) is 1. The fourth-order valence-electron chi connectivity index (χ4n) is 2.79. The molecule has 2 rings (SSSR count). The number of nitrogens with one attached hydrogen (secondary N) is 1. The van der Waals surface area contributed by atoms with Gasteiger partial charge in [0.2, 0.25) is 0 Å². The lowest BCUT2D eigenvalue weighted by molar-refractivity contribution is 0.0937. The molecule has 0 spiro atoms. The average Bonchev–Trinajstić information content (AvgIpc) is 2.66. The van der Waals surface area contributed by atoms with Crippen molar-refractivity contribution in [3.8, 4) is 11.5 Å². The fourth-order valence-corrected chi connectivity index (χ4v) is 2.79. The summed E-state index contributed by atoms with van der Waals surface area (Å²) >= 11 is 0. The lowest BCUT2D eigenvalue weighted by Crippen LogP contribution is -2.35. The third-order valence-corrected chi connectivity index (χ3v) is 4.17. The first kappa shape index (κ1) is 19.8. The highest BCUT2D eigenvalue weighted by Crippen LogP contribution is 2.27. The minimum atomic E-state index is -0.140. The highest BCUT2D eigenvalue weighted by atomic mass is 16.5. The van der Waals surface area contributed by atoms with Crippen LogP contribution in [0.15, 0.2) is 48.5 Å². The summed E-state index contributed by atoms with van der Waals surface area (Å²) < 4.78 is 11.2. The lowest BCUT2D eigenvalue weighted by atomic mass is 10.0. The minimum Gasteiger partial charge on any atom is -0.496 e. The van der Waals surface area contributed by atoms with Crippen molar-refractivity contribution in [2.45, 2.75) is 19.4 Å². The van der Waals surface area contributed by atoms with Gasteiger partial charge in [0, 0.05) is 12.1 Å². The quantitative estimate of drug-likeness (QED) is 0.747. The molecule has 0 bridgehead atoms. The van der Waals surface area contributed by atoms with Crippen molar-refractivity contribution in [2.75, 3.05) is 34.4 Å². The normalized spacial score (nSPS) is 11.9. The smallest absolute Gasteiger partial charge is 0.255 e. The molecular formula is C21H28N2O3. The van der Waals surface area contributed by atoms with E-state index < -0.39 is 0 Å². The zero-order chi connectivity index (χ0) is 18.9. The Balaban J connectivity index is 2.13. The second kappa shape index (κ2) is 9.82. The largest absolute Gasteiger partial charge is 0.496 e. The summed E-state index contributed by atoms with van der Waals surface area (Å²) in [7, 11) is 5.63. The van der Waals surface area contributed by atoms with Gasteiger partial charge in [0.1, 0.15) is 11.5 Å². The van der Waals surface area contributed by atoms with Crippen molar-refractivity contribution in [1.82, 2.24) is 10.2 Å². The van der Waals surface area contributed by atoms with Gasteiger partial charge in [-0.3, -0.25) is 4.79 Å². The van der Waals surface area contributed by atoms with E-state index in [1.807, 2.05) is 63.5 Å².